The van der Waals surface area contributed by atoms with E-state index in [1.165, 1.54) is 0 Å². The summed E-state index contributed by atoms with van der Waals surface area (Å²) in [5.74, 6) is -0.270. The number of hydrogen-bond acceptors (Lipinski definition) is 4. The Labute approximate surface area is 77.0 Å². The number of nitriles is 1. The topological polar surface area (TPSA) is 58.8 Å². The highest BCUT2D eigenvalue weighted by atomic mass is 19.4. The third-order valence-electron chi connectivity index (χ3n) is 1.14. The van der Waals surface area contributed by atoms with Crippen molar-refractivity contribution in [3.63, 3.8) is 0 Å². The van der Waals surface area contributed by atoms with Crippen molar-refractivity contribution in [2.24, 2.45) is 0 Å². The van der Waals surface area contributed by atoms with Gasteiger partial charge in [0.2, 0.25) is 5.88 Å². The van der Waals surface area contributed by atoms with Gasteiger partial charge < -0.3 is 4.74 Å². The summed E-state index contributed by atoms with van der Waals surface area (Å²) in [6.07, 6.45) is -3.46. The van der Waals surface area contributed by atoms with Crippen LogP contribution in [0.4, 0.5) is 13.2 Å². The van der Waals surface area contributed by atoms with Crippen molar-refractivity contribution in [2.75, 3.05) is 6.61 Å². The van der Waals surface area contributed by atoms with Gasteiger partial charge in [0.15, 0.2) is 6.61 Å². The molecule has 0 aliphatic carbocycles. The van der Waals surface area contributed by atoms with E-state index < -0.39 is 12.8 Å². The lowest BCUT2D eigenvalue weighted by atomic mass is 10.4. The predicted molar refractivity (Wildman–Crippen MR) is 38.3 cm³/mol. The van der Waals surface area contributed by atoms with Gasteiger partial charge in [-0.2, -0.15) is 18.4 Å². The van der Waals surface area contributed by atoms with Crippen LogP contribution < -0.4 is 4.74 Å². The number of halogens is 3. The first-order valence-electron chi connectivity index (χ1n) is 3.43. The summed E-state index contributed by atoms with van der Waals surface area (Å²) in [6, 6.07) is 2.69. The van der Waals surface area contributed by atoms with Crippen molar-refractivity contribution in [1.82, 2.24) is 9.97 Å². The highest BCUT2D eigenvalue weighted by molar-refractivity contribution is 5.23. The fourth-order valence-corrected chi connectivity index (χ4v) is 0.635. The Morgan fingerprint density at radius 3 is 2.71 bits per heavy atom. The Bertz CT molecular complexity index is 358. The van der Waals surface area contributed by atoms with Gasteiger partial charge in [0.25, 0.3) is 0 Å². The summed E-state index contributed by atoms with van der Waals surface area (Å²) >= 11 is 0. The van der Waals surface area contributed by atoms with E-state index in [-0.39, 0.29) is 11.6 Å². The fourth-order valence-electron chi connectivity index (χ4n) is 0.635. The third-order valence-corrected chi connectivity index (χ3v) is 1.14. The van der Waals surface area contributed by atoms with E-state index in [4.69, 9.17) is 5.26 Å². The van der Waals surface area contributed by atoms with Crippen molar-refractivity contribution in [3.8, 4) is 11.9 Å². The van der Waals surface area contributed by atoms with Gasteiger partial charge >= 0.3 is 6.18 Å². The molecule has 74 valence electrons. The largest absolute Gasteiger partial charge is 0.468 e. The second-order valence-corrected chi connectivity index (χ2v) is 2.26. The summed E-state index contributed by atoms with van der Waals surface area (Å²) in [5.41, 5.74) is -0.0443. The Kier molecular flexibility index (Phi) is 2.86. The zero-order valence-electron chi connectivity index (χ0n) is 6.75. The van der Waals surface area contributed by atoms with Crippen LogP contribution >= 0.6 is 0 Å². The van der Waals surface area contributed by atoms with Crippen LogP contribution in [0.15, 0.2) is 12.4 Å². The molecule has 0 bridgehead atoms. The Morgan fingerprint density at radius 1 is 1.43 bits per heavy atom. The van der Waals surface area contributed by atoms with E-state index in [0.29, 0.717) is 0 Å². The minimum absolute atomic E-state index is 0.0443. The second kappa shape index (κ2) is 3.91. The van der Waals surface area contributed by atoms with Gasteiger partial charge in [-0.3, -0.25) is 0 Å². The molecule has 0 saturated carbocycles. The summed E-state index contributed by atoms with van der Waals surface area (Å²) in [6.45, 7) is -1.44. The Hall–Kier alpha value is -1.84. The number of hydrogen-bond donors (Lipinski definition) is 0. The molecule has 0 atom stereocenters. The van der Waals surface area contributed by atoms with Crippen LogP contribution in [0.5, 0.6) is 5.88 Å². The number of aromatic nitrogens is 2. The summed E-state index contributed by atoms with van der Waals surface area (Å²) in [7, 11) is 0. The number of ether oxygens (including phenoxy) is 1. The van der Waals surface area contributed by atoms with Crippen molar-refractivity contribution in [3.05, 3.63) is 18.1 Å². The first-order valence-corrected chi connectivity index (χ1v) is 3.43. The number of rotatable bonds is 2. The molecule has 0 aliphatic rings. The van der Waals surface area contributed by atoms with Gasteiger partial charge in [0.1, 0.15) is 18.1 Å². The Balaban J connectivity index is 2.65. The van der Waals surface area contributed by atoms with Crippen LogP contribution in [0.3, 0.4) is 0 Å². The van der Waals surface area contributed by atoms with Crippen molar-refractivity contribution >= 4 is 0 Å². The van der Waals surface area contributed by atoms with Crippen LogP contribution in [0.1, 0.15) is 5.69 Å². The SMILES string of the molecule is N#Cc1cc(OCC(F)(F)F)ncn1. The summed E-state index contributed by atoms with van der Waals surface area (Å²) < 4.78 is 39.4. The number of alkyl halides is 3. The molecule has 1 aromatic rings. The lowest BCUT2D eigenvalue weighted by Gasteiger charge is -2.07. The standard InChI is InChI=1S/C7H4F3N3O/c8-7(9,10)3-14-6-1-5(2-11)12-4-13-6/h1,4H,3H2. The minimum Gasteiger partial charge on any atom is -0.468 e. The summed E-state index contributed by atoms with van der Waals surface area (Å²) in [5, 5.41) is 8.37. The molecular formula is C7H4F3N3O. The first-order chi connectivity index (χ1) is 6.51. The minimum atomic E-state index is -4.42. The zero-order chi connectivity index (χ0) is 10.6. The molecule has 4 nitrogen and oxygen atoms in total. The average molecular weight is 203 g/mol. The summed E-state index contributed by atoms with van der Waals surface area (Å²) in [4.78, 5) is 6.87. The van der Waals surface area contributed by atoms with E-state index in [1.54, 1.807) is 6.07 Å². The molecule has 0 spiro atoms. The lowest BCUT2D eigenvalue weighted by Crippen LogP contribution is -2.19. The molecular weight excluding hydrogens is 199 g/mol. The average Bonchev–Trinajstić information content (AvgIpc) is 2.14. The molecule has 0 N–H and O–H groups in total. The Morgan fingerprint density at radius 2 is 2.14 bits per heavy atom. The van der Waals surface area contributed by atoms with Crippen molar-refractivity contribution in [2.45, 2.75) is 6.18 Å². The molecule has 1 aromatic heterocycles. The highest BCUT2D eigenvalue weighted by Gasteiger charge is 2.28. The maximum atomic E-state index is 11.7. The molecule has 1 rings (SSSR count). The second-order valence-electron chi connectivity index (χ2n) is 2.26. The zero-order valence-corrected chi connectivity index (χ0v) is 6.75. The van der Waals surface area contributed by atoms with E-state index in [1.807, 2.05) is 0 Å². The maximum Gasteiger partial charge on any atom is 0.422 e. The lowest BCUT2D eigenvalue weighted by molar-refractivity contribution is -0.154. The van der Waals surface area contributed by atoms with E-state index >= 15 is 0 Å². The molecule has 7 heteroatoms. The predicted octanol–water partition coefficient (Wildman–Crippen LogP) is 1.29. The van der Waals surface area contributed by atoms with Gasteiger partial charge in [-0.05, 0) is 0 Å². The molecule has 0 radical (unpaired) electrons. The number of nitrogens with zero attached hydrogens (tertiary/aromatic N) is 3. The molecule has 0 aromatic carbocycles. The normalized spacial score (nSPS) is 10.7. The van der Waals surface area contributed by atoms with E-state index in [2.05, 4.69) is 14.7 Å². The van der Waals surface area contributed by atoms with Crippen molar-refractivity contribution < 1.29 is 17.9 Å². The monoisotopic (exact) mass is 203 g/mol. The van der Waals surface area contributed by atoms with Crippen LogP contribution in [-0.4, -0.2) is 22.8 Å². The van der Waals surface area contributed by atoms with E-state index in [9.17, 15) is 13.2 Å². The van der Waals surface area contributed by atoms with Gasteiger partial charge in [-0.15, -0.1) is 0 Å². The molecule has 0 fully saturated rings. The van der Waals surface area contributed by atoms with Crippen LogP contribution in [-0.2, 0) is 0 Å². The molecule has 0 aliphatic heterocycles. The maximum absolute atomic E-state index is 11.7. The molecule has 14 heavy (non-hydrogen) atoms. The third kappa shape index (κ3) is 3.26. The smallest absolute Gasteiger partial charge is 0.422 e. The van der Waals surface area contributed by atoms with Gasteiger partial charge in [-0.1, -0.05) is 0 Å². The fraction of sp³-hybridized carbons (Fsp3) is 0.286. The molecule has 0 amide bonds. The van der Waals surface area contributed by atoms with Gasteiger partial charge in [0.05, 0.1) is 0 Å². The molecule has 0 saturated heterocycles. The van der Waals surface area contributed by atoms with Gasteiger partial charge in [-0.25, -0.2) is 9.97 Å². The molecule has 0 unspecified atom stereocenters. The van der Waals surface area contributed by atoms with Crippen molar-refractivity contribution in [1.29, 1.82) is 5.26 Å². The quantitative estimate of drug-likeness (QED) is 0.726. The first kappa shape index (κ1) is 10.2. The van der Waals surface area contributed by atoms with Crippen LogP contribution in [0.2, 0.25) is 0 Å². The molecule has 1 heterocycles. The van der Waals surface area contributed by atoms with Crippen LogP contribution in [0.25, 0.3) is 0 Å². The highest BCUT2D eigenvalue weighted by Crippen LogP contribution is 2.16. The van der Waals surface area contributed by atoms with E-state index in [0.717, 1.165) is 12.4 Å². The van der Waals surface area contributed by atoms with Gasteiger partial charge in [0, 0.05) is 6.07 Å². The van der Waals surface area contributed by atoms with Crippen LogP contribution in [0, 0.1) is 11.3 Å².